The number of aliphatic hydroxyl groups excluding tert-OH is 1. The average molecular weight is 241 g/mol. The summed E-state index contributed by atoms with van der Waals surface area (Å²) < 4.78 is 7.42. The summed E-state index contributed by atoms with van der Waals surface area (Å²) in [7, 11) is 1.67. The van der Waals surface area contributed by atoms with E-state index in [2.05, 4.69) is 16.7 Å². The van der Waals surface area contributed by atoms with Crippen LogP contribution in [0.2, 0.25) is 0 Å². The van der Waals surface area contributed by atoms with Crippen LogP contribution in [0.1, 0.15) is 0 Å². The van der Waals surface area contributed by atoms with Gasteiger partial charge in [-0.15, -0.1) is 0 Å². The van der Waals surface area contributed by atoms with Crippen molar-refractivity contribution in [2.75, 3.05) is 13.7 Å². The maximum absolute atomic E-state index is 9.21. The molecule has 18 heavy (non-hydrogen) atoms. The summed E-state index contributed by atoms with van der Waals surface area (Å²) in [5.41, 5.74) is 2.28. The van der Waals surface area contributed by atoms with Gasteiger partial charge in [0.05, 0.1) is 13.7 Å². The minimum absolute atomic E-state index is 0.139. The van der Waals surface area contributed by atoms with Gasteiger partial charge in [-0.25, -0.2) is 0 Å². The van der Waals surface area contributed by atoms with Gasteiger partial charge in [-0.3, -0.25) is 0 Å². The fourth-order valence-corrected chi connectivity index (χ4v) is 2.50. The van der Waals surface area contributed by atoms with Crippen LogP contribution in [0.25, 0.3) is 21.8 Å². The molecule has 1 aromatic heterocycles. The van der Waals surface area contributed by atoms with E-state index in [4.69, 9.17) is 4.74 Å². The number of methoxy groups -OCH3 is 1. The Balaban J connectivity index is 2.41. The molecule has 0 saturated heterocycles. The van der Waals surface area contributed by atoms with E-state index in [9.17, 15) is 5.11 Å². The van der Waals surface area contributed by atoms with Gasteiger partial charge in [-0.1, -0.05) is 18.2 Å². The number of ether oxygens (including phenoxy) is 1. The van der Waals surface area contributed by atoms with E-state index in [0.717, 1.165) is 16.8 Å². The van der Waals surface area contributed by atoms with Gasteiger partial charge in [-0.2, -0.15) is 0 Å². The second-order valence-corrected chi connectivity index (χ2v) is 4.28. The Morgan fingerprint density at radius 2 is 1.83 bits per heavy atom. The first-order chi connectivity index (χ1) is 8.85. The van der Waals surface area contributed by atoms with Crippen LogP contribution in [-0.4, -0.2) is 23.4 Å². The fourth-order valence-electron chi connectivity index (χ4n) is 2.50. The summed E-state index contributed by atoms with van der Waals surface area (Å²) >= 11 is 0. The van der Waals surface area contributed by atoms with Crippen molar-refractivity contribution in [3.63, 3.8) is 0 Å². The molecule has 0 spiro atoms. The third-order valence-corrected chi connectivity index (χ3v) is 3.30. The van der Waals surface area contributed by atoms with E-state index in [0.29, 0.717) is 6.54 Å². The number of aromatic nitrogens is 1. The van der Waals surface area contributed by atoms with Gasteiger partial charge in [-0.05, 0) is 24.3 Å². The molecular formula is C15H15NO2. The van der Waals surface area contributed by atoms with Crippen LogP contribution >= 0.6 is 0 Å². The topological polar surface area (TPSA) is 34.4 Å². The normalized spacial score (nSPS) is 11.2. The lowest BCUT2D eigenvalue weighted by atomic mass is 10.1. The Bertz CT molecular complexity index is 700. The maximum Gasteiger partial charge on any atom is 0.119 e. The highest BCUT2D eigenvalue weighted by Gasteiger charge is 2.10. The van der Waals surface area contributed by atoms with Crippen LogP contribution in [-0.2, 0) is 6.54 Å². The van der Waals surface area contributed by atoms with Crippen molar-refractivity contribution >= 4 is 21.8 Å². The zero-order chi connectivity index (χ0) is 12.5. The van der Waals surface area contributed by atoms with Crippen LogP contribution < -0.4 is 4.74 Å². The van der Waals surface area contributed by atoms with E-state index in [1.165, 1.54) is 10.8 Å². The van der Waals surface area contributed by atoms with E-state index >= 15 is 0 Å². The van der Waals surface area contributed by atoms with E-state index < -0.39 is 0 Å². The molecule has 0 amide bonds. The first-order valence-corrected chi connectivity index (χ1v) is 6.01. The second-order valence-electron chi connectivity index (χ2n) is 4.28. The Morgan fingerprint density at radius 3 is 2.61 bits per heavy atom. The Hall–Kier alpha value is -2.00. The van der Waals surface area contributed by atoms with Crippen LogP contribution in [0, 0.1) is 0 Å². The SMILES string of the molecule is COc1ccc2c(c1)c1ccccc1n2CCO. The van der Waals surface area contributed by atoms with Gasteiger partial charge in [0.1, 0.15) is 5.75 Å². The summed E-state index contributed by atoms with van der Waals surface area (Å²) in [5.74, 6) is 0.856. The average Bonchev–Trinajstić information content (AvgIpc) is 2.74. The number of para-hydroxylation sites is 1. The van der Waals surface area contributed by atoms with Crippen molar-refractivity contribution in [3.8, 4) is 5.75 Å². The Kier molecular flexibility index (Phi) is 2.68. The molecule has 0 saturated carbocycles. The summed E-state index contributed by atoms with van der Waals surface area (Å²) in [5, 5.41) is 11.6. The number of fused-ring (bicyclic) bond motifs is 3. The number of aliphatic hydroxyl groups is 1. The van der Waals surface area contributed by atoms with E-state index in [-0.39, 0.29) is 6.61 Å². The first kappa shape index (κ1) is 11.1. The standard InChI is InChI=1S/C15H15NO2/c1-18-11-6-7-15-13(10-11)12-4-2-3-5-14(12)16(15)8-9-17/h2-7,10,17H,8-9H2,1H3. The maximum atomic E-state index is 9.21. The number of rotatable bonds is 3. The molecule has 2 aromatic carbocycles. The van der Waals surface area contributed by atoms with Gasteiger partial charge in [0, 0.05) is 28.4 Å². The lowest BCUT2D eigenvalue weighted by molar-refractivity contribution is 0.280. The summed E-state index contributed by atoms with van der Waals surface area (Å²) in [6.45, 7) is 0.746. The molecule has 0 bridgehead atoms. The van der Waals surface area contributed by atoms with Gasteiger partial charge in [0.15, 0.2) is 0 Å². The fraction of sp³-hybridized carbons (Fsp3) is 0.200. The molecule has 0 unspecified atom stereocenters. The lowest BCUT2D eigenvalue weighted by Gasteiger charge is -2.05. The van der Waals surface area contributed by atoms with Gasteiger partial charge < -0.3 is 14.4 Å². The molecule has 0 aliphatic carbocycles. The van der Waals surface area contributed by atoms with Crippen molar-refractivity contribution in [1.82, 2.24) is 4.57 Å². The largest absolute Gasteiger partial charge is 0.497 e. The monoisotopic (exact) mass is 241 g/mol. The molecule has 0 radical (unpaired) electrons. The smallest absolute Gasteiger partial charge is 0.119 e. The highest BCUT2D eigenvalue weighted by atomic mass is 16.5. The summed E-state index contributed by atoms with van der Waals surface area (Å²) in [4.78, 5) is 0. The van der Waals surface area contributed by atoms with Crippen molar-refractivity contribution in [2.24, 2.45) is 0 Å². The van der Waals surface area contributed by atoms with Crippen LogP contribution in [0.3, 0.4) is 0 Å². The molecule has 0 aliphatic rings. The molecule has 0 atom stereocenters. The van der Waals surface area contributed by atoms with Crippen LogP contribution in [0.4, 0.5) is 0 Å². The van der Waals surface area contributed by atoms with Crippen LogP contribution in [0.15, 0.2) is 42.5 Å². The predicted octanol–water partition coefficient (Wildman–Crippen LogP) is 2.80. The highest BCUT2D eigenvalue weighted by Crippen LogP contribution is 2.31. The van der Waals surface area contributed by atoms with Gasteiger partial charge in [0.2, 0.25) is 0 Å². The zero-order valence-electron chi connectivity index (χ0n) is 10.3. The van der Waals surface area contributed by atoms with Crippen molar-refractivity contribution < 1.29 is 9.84 Å². The molecule has 3 aromatic rings. The third-order valence-electron chi connectivity index (χ3n) is 3.30. The minimum atomic E-state index is 0.139. The lowest BCUT2D eigenvalue weighted by Crippen LogP contribution is -2.01. The number of nitrogens with zero attached hydrogens (tertiary/aromatic N) is 1. The molecule has 3 rings (SSSR count). The molecule has 0 fully saturated rings. The molecule has 3 nitrogen and oxygen atoms in total. The first-order valence-electron chi connectivity index (χ1n) is 6.01. The van der Waals surface area contributed by atoms with Crippen molar-refractivity contribution in [1.29, 1.82) is 0 Å². The molecule has 0 aliphatic heterocycles. The molecule has 92 valence electrons. The number of benzene rings is 2. The van der Waals surface area contributed by atoms with Crippen LogP contribution in [0.5, 0.6) is 5.75 Å². The van der Waals surface area contributed by atoms with Crippen molar-refractivity contribution in [3.05, 3.63) is 42.5 Å². The van der Waals surface area contributed by atoms with Gasteiger partial charge >= 0.3 is 0 Å². The second kappa shape index (κ2) is 4.35. The predicted molar refractivity (Wildman–Crippen MR) is 73.1 cm³/mol. The quantitative estimate of drug-likeness (QED) is 0.765. The third kappa shape index (κ3) is 1.56. The molecule has 1 N–H and O–H groups in total. The number of hydrogen-bond donors (Lipinski definition) is 1. The summed E-state index contributed by atoms with van der Waals surface area (Å²) in [6, 6.07) is 14.3. The Morgan fingerprint density at radius 1 is 1.06 bits per heavy atom. The number of hydrogen-bond acceptors (Lipinski definition) is 2. The summed E-state index contributed by atoms with van der Waals surface area (Å²) in [6.07, 6.45) is 0. The molecule has 3 heteroatoms. The molecule has 1 heterocycles. The van der Waals surface area contributed by atoms with E-state index in [1.54, 1.807) is 7.11 Å². The van der Waals surface area contributed by atoms with Gasteiger partial charge in [0.25, 0.3) is 0 Å². The van der Waals surface area contributed by atoms with Crippen molar-refractivity contribution in [2.45, 2.75) is 6.54 Å². The Labute approximate surface area is 105 Å². The highest BCUT2D eigenvalue weighted by molar-refractivity contribution is 6.08. The minimum Gasteiger partial charge on any atom is -0.497 e. The molecular weight excluding hydrogens is 226 g/mol. The van der Waals surface area contributed by atoms with E-state index in [1.807, 2.05) is 30.3 Å². The zero-order valence-corrected chi connectivity index (χ0v) is 10.3.